The van der Waals surface area contributed by atoms with Gasteiger partial charge in [-0.1, -0.05) is 236 Å². The Morgan fingerprint density at radius 3 is 1.26 bits per heavy atom. The molecule has 11 rings (SSSR count). The van der Waals surface area contributed by atoms with Gasteiger partial charge in [0.05, 0.1) is 5.41 Å². The van der Waals surface area contributed by atoms with Crippen molar-refractivity contribution in [2.24, 2.45) is 16.7 Å². The first-order chi connectivity index (χ1) is 32.2. The van der Waals surface area contributed by atoms with Crippen molar-refractivity contribution < 1.29 is 0 Å². The molecule has 0 spiro atoms. The van der Waals surface area contributed by atoms with E-state index in [0.717, 1.165) is 6.42 Å². The molecule has 342 valence electrons. The molecule has 0 saturated carbocycles. The summed E-state index contributed by atoms with van der Waals surface area (Å²) >= 11 is 0. The summed E-state index contributed by atoms with van der Waals surface area (Å²) in [6, 6.07) is 61.2. The highest BCUT2D eigenvalue weighted by Gasteiger charge is 2.59. The molecule has 0 radical (unpaired) electrons. The van der Waals surface area contributed by atoms with Gasteiger partial charge in [0.1, 0.15) is 0 Å². The maximum atomic E-state index is 2.56. The first kappa shape index (κ1) is 44.5. The van der Waals surface area contributed by atoms with E-state index < -0.39 is 5.41 Å². The summed E-state index contributed by atoms with van der Waals surface area (Å²) in [5.41, 5.74) is 24.0. The SMILES string of the molecule is CC1CC=CC2=C1C(c1cccc(-c3cc(-c4ccccc4)c4c(c3)C(C)(C)C(C)(C)C4(C)C)c1)(c1cccc(-c3cc(-c4ccccc4)c4c(c3)C(C)(C)C(C)(C)C4(C)C)c1)c1ccccc12. The Morgan fingerprint density at radius 1 is 0.368 bits per heavy atom. The van der Waals surface area contributed by atoms with Gasteiger partial charge in [-0.3, -0.25) is 0 Å². The molecule has 0 amide bonds. The van der Waals surface area contributed by atoms with Crippen LogP contribution in [0.1, 0.15) is 141 Å². The summed E-state index contributed by atoms with van der Waals surface area (Å²) in [5.74, 6) is 0.347. The largest absolute Gasteiger partial charge is 0.0833 e. The van der Waals surface area contributed by atoms with Crippen LogP contribution in [0.25, 0.3) is 50.1 Å². The van der Waals surface area contributed by atoms with Gasteiger partial charge in [0.2, 0.25) is 0 Å². The molecule has 7 aromatic rings. The standard InChI is InChI=1S/C68H70/c1-43-25-22-35-53-52-34-20-21-36-56(52)68(59(43)53,50-32-23-30-46(37-50)48-39-54(44-26-16-14-17-27-44)60-57(41-48)62(2,3)66(10,11)64(60,6)7)51-33-24-31-47(38-51)49-40-55(45-28-18-15-19-29-45)61-58(42-49)63(4,5)67(12,13)65(61,8)9/h14-24,26-43H,25H2,1-13H3. The van der Waals surface area contributed by atoms with E-state index in [2.05, 4.69) is 260 Å². The van der Waals surface area contributed by atoms with Crippen molar-refractivity contribution >= 4 is 5.57 Å². The fraction of sp³-hybridized carbons (Fsp3) is 0.324. The summed E-state index contributed by atoms with van der Waals surface area (Å²) < 4.78 is 0. The normalized spacial score (nSPS) is 21.2. The van der Waals surface area contributed by atoms with Crippen LogP contribution in [0.4, 0.5) is 0 Å². The summed E-state index contributed by atoms with van der Waals surface area (Å²) in [6.07, 6.45) is 5.86. The maximum absolute atomic E-state index is 2.56. The molecule has 0 heteroatoms. The Hall–Kier alpha value is -5.98. The van der Waals surface area contributed by atoms with Gasteiger partial charge >= 0.3 is 0 Å². The van der Waals surface area contributed by atoms with E-state index in [1.165, 1.54) is 100 Å². The van der Waals surface area contributed by atoms with E-state index >= 15 is 0 Å². The van der Waals surface area contributed by atoms with Crippen LogP contribution in [0.15, 0.2) is 175 Å². The number of hydrogen-bond acceptors (Lipinski definition) is 0. The highest BCUT2D eigenvalue weighted by Crippen LogP contribution is 2.66. The number of fused-ring (bicyclic) bond motifs is 4. The molecular formula is C68H70. The zero-order valence-corrected chi connectivity index (χ0v) is 43.0. The molecule has 0 nitrogen and oxygen atoms in total. The molecule has 4 aliphatic carbocycles. The van der Waals surface area contributed by atoms with E-state index in [-0.39, 0.29) is 32.5 Å². The molecule has 0 saturated heterocycles. The molecule has 4 aliphatic rings. The Balaban J connectivity index is 1.17. The minimum Gasteiger partial charge on any atom is -0.0833 e. The Bertz CT molecular complexity index is 3070. The summed E-state index contributed by atoms with van der Waals surface area (Å²) in [5, 5.41) is 0. The van der Waals surface area contributed by atoms with Crippen molar-refractivity contribution in [3.63, 3.8) is 0 Å². The first-order valence-electron chi connectivity index (χ1n) is 25.4. The lowest BCUT2D eigenvalue weighted by Gasteiger charge is -2.44. The second-order valence-corrected chi connectivity index (χ2v) is 24.2. The van der Waals surface area contributed by atoms with Crippen molar-refractivity contribution in [2.75, 3.05) is 0 Å². The van der Waals surface area contributed by atoms with Crippen LogP contribution in [-0.2, 0) is 27.1 Å². The smallest absolute Gasteiger partial charge is 0.0679 e. The second kappa shape index (κ2) is 14.8. The van der Waals surface area contributed by atoms with Crippen LogP contribution < -0.4 is 0 Å². The zero-order chi connectivity index (χ0) is 48.0. The highest BCUT2D eigenvalue weighted by molar-refractivity contribution is 5.92. The predicted octanol–water partition coefficient (Wildman–Crippen LogP) is 18.2. The molecule has 1 unspecified atom stereocenters. The molecule has 0 N–H and O–H groups in total. The summed E-state index contributed by atoms with van der Waals surface area (Å²) in [4.78, 5) is 0. The molecule has 0 aromatic heterocycles. The van der Waals surface area contributed by atoms with Crippen LogP contribution >= 0.6 is 0 Å². The van der Waals surface area contributed by atoms with Crippen molar-refractivity contribution in [2.45, 2.75) is 124 Å². The van der Waals surface area contributed by atoms with Gasteiger partial charge in [-0.05, 0) is 169 Å². The Labute approximate surface area is 408 Å². The monoisotopic (exact) mass is 887 g/mol. The molecule has 0 aliphatic heterocycles. The summed E-state index contributed by atoms with van der Waals surface area (Å²) in [6.45, 7) is 32.2. The van der Waals surface area contributed by atoms with Gasteiger partial charge in [0, 0.05) is 0 Å². The van der Waals surface area contributed by atoms with Gasteiger partial charge < -0.3 is 0 Å². The van der Waals surface area contributed by atoms with Crippen LogP contribution in [-0.4, -0.2) is 0 Å². The zero-order valence-electron chi connectivity index (χ0n) is 43.0. The quantitative estimate of drug-likeness (QED) is 0.156. The Kier molecular flexibility index (Phi) is 9.67. The third-order valence-electron chi connectivity index (χ3n) is 20.1. The lowest BCUT2D eigenvalue weighted by Crippen LogP contribution is -2.42. The lowest BCUT2D eigenvalue weighted by atomic mass is 9.59. The van der Waals surface area contributed by atoms with Crippen molar-refractivity contribution in [1.29, 1.82) is 0 Å². The minimum atomic E-state index is -0.507. The molecule has 0 bridgehead atoms. The average molecular weight is 887 g/mol. The van der Waals surface area contributed by atoms with Crippen molar-refractivity contribution in [1.82, 2.24) is 0 Å². The molecule has 0 heterocycles. The van der Waals surface area contributed by atoms with E-state index in [4.69, 9.17) is 0 Å². The number of benzene rings is 7. The number of hydrogen-bond donors (Lipinski definition) is 0. The Morgan fingerprint density at radius 2 is 0.794 bits per heavy atom. The molecule has 68 heavy (non-hydrogen) atoms. The van der Waals surface area contributed by atoms with E-state index in [0.29, 0.717) is 5.92 Å². The van der Waals surface area contributed by atoms with Gasteiger partial charge in [-0.2, -0.15) is 0 Å². The molecular weight excluding hydrogens is 817 g/mol. The number of rotatable bonds is 6. The fourth-order valence-corrected chi connectivity index (χ4v) is 14.0. The molecule has 1 atom stereocenters. The summed E-state index contributed by atoms with van der Waals surface area (Å²) in [7, 11) is 0. The minimum absolute atomic E-state index is 0.0314. The third-order valence-corrected chi connectivity index (χ3v) is 20.1. The van der Waals surface area contributed by atoms with Crippen molar-refractivity contribution in [3.05, 3.63) is 220 Å². The van der Waals surface area contributed by atoms with Gasteiger partial charge in [-0.15, -0.1) is 0 Å². The van der Waals surface area contributed by atoms with E-state index in [1.807, 2.05) is 0 Å². The predicted molar refractivity (Wildman–Crippen MR) is 290 cm³/mol. The van der Waals surface area contributed by atoms with Crippen molar-refractivity contribution in [3.8, 4) is 44.5 Å². The van der Waals surface area contributed by atoms with Gasteiger partial charge in [0.25, 0.3) is 0 Å². The van der Waals surface area contributed by atoms with Gasteiger partial charge in [0.15, 0.2) is 0 Å². The van der Waals surface area contributed by atoms with Gasteiger partial charge in [-0.25, -0.2) is 0 Å². The number of allylic oxidation sites excluding steroid dienone is 4. The van der Waals surface area contributed by atoms with Crippen LogP contribution in [0, 0.1) is 16.7 Å². The van der Waals surface area contributed by atoms with Crippen LogP contribution in [0.3, 0.4) is 0 Å². The molecule has 7 aromatic carbocycles. The fourth-order valence-electron chi connectivity index (χ4n) is 14.0. The second-order valence-electron chi connectivity index (χ2n) is 24.2. The first-order valence-corrected chi connectivity index (χ1v) is 25.4. The molecule has 0 fully saturated rings. The van der Waals surface area contributed by atoms with E-state index in [1.54, 1.807) is 0 Å². The maximum Gasteiger partial charge on any atom is 0.0679 e. The third kappa shape index (κ3) is 5.73. The van der Waals surface area contributed by atoms with Crippen LogP contribution in [0.5, 0.6) is 0 Å². The van der Waals surface area contributed by atoms with E-state index in [9.17, 15) is 0 Å². The average Bonchev–Trinajstić information content (AvgIpc) is 3.74. The highest BCUT2D eigenvalue weighted by atomic mass is 14.6. The lowest BCUT2D eigenvalue weighted by molar-refractivity contribution is 0.125. The topological polar surface area (TPSA) is 0 Å². The van der Waals surface area contributed by atoms with Crippen LogP contribution in [0.2, 0.25) is 0 Å².